The number of carbonyl (C=O) groups excluding carboxylic acids is 1. The Hall–Kier alpha value is -3.56. The van der Waals surface area contributed by atoms with Crippen LogP contribution in [-0.2, 0) is 10.0 Å². The highest BCUT2D eigenvalue weighted by atomic mass is 32.2. The van der Waals surface area contributed by atoms with Gasteiger partial charge in [0.2, 0.25) is 5.13 Å². The van der Waals surface area contributed by atoms with Crippen molar-refractivity contribution in [1.82, 2.24) is 10.2 Å². The first kappa shape index (κ1) is 21.7. The molecule has 0 unspecified atom stereocenters. The monoisotopic (exact) mass is 464 g/mol. The van der Waals surface area contributed by atoms with E-state index in [4.69, 9.17) is 0 Å². The predicted octanol–water partition coefficient (Wildman–Crippen LogP) is 4.59. The Morgan fingerprint density at radius 3 is 2.22 bits per heavy atom. The summed E-state index contributed by atoms with van der Waals surface area (Å²) in [4.78, 5) is 12.8. The van der Waals surface area contributed by atoms with Crippen LogP contribution in [0.3, 0.4) is 0 Å². The summed E-state index contributed by atoms with van der Waals surface area (Å²) < 4.78 is 26.7. The number of rotatable bonds is 6. The smallest absolute Gasteiger partial charge is 0.264 e. The molecule has 0 spiro atoms. The molecule has 0 aliphatic heterocycles. The fourth-order valence-corrected chi connectivity index (χ4v) is 4.93. The van der Waals surface area contributed by atoms with Gasteiger partial charge in [-0.15, -0.1) is 10.2 Å². The number of aromatic nitrogens is 2. The maximum Gasteiger partial charge on any atom is 0.264 e. The highest BCUT2D eigenvalue weighted by molar-refractivity contribution is 7.92. The zero-order valence-corrected chi connectivity index (χ0v) is 19.0. The molecule has 162 valence electrons. The van der Waals surface area contributed by atoms with Crippen molar-refractivity contribution in [3.05, 3.63) is 90.0 Å². The number of sulfonamides is 1. The minimum Gasteiger partial charge on any atom is -0.296 e. The molecule has 0 radical (unpaired) electrons. The van der Waals surface area contributed by atoms with E-state index < -0.39 is 10.0 Å². The fraction of sp³-hybridized carbons (Fsp3) is 0.0870. The van der Waals surface area contributed by atoms with Gasteiger partial charge in [0.05, 0.1) is 10.6 Å². The van der Waals surface area contributed by atoms with E-state index >= 15 is 0 Å². The third-order valence-electron chi connectivity index (χ3n) is 4.84. The Labute approximate surface area is 190 Å². The summed E-state index contributed by atoms with van der Waals surface area (Å²) in [5, 5.41) is 12.0. The summed E-state index contributed by atoms with van der Waals surface area (Å²) in [6, 6.07) is 22.4. The van der Waals surface area contributed by atoms with Crippen LogP contribution >= 0.6 is 11.3 Å². The topological polar surface area (TPSA) is 92.3 Å². The standard InChI is InChI=1S/C23H20N4O3S2/c1-16-8-10-18(11-9-16)22-25-26-23(31-22)24-21(28)17-12-14-19(15-13-17)27(2)32(29,30)20-6-4-3-5-7-20/h3-15H,1-2H3,(H,24,26,28). The number of hydrogen-bond donors (Lipinski definition) is 1. The van der Waals surface area contributed by atoms with Crippen LogP contribution < -0.4 is 9.62 Å². The molecule has 7 nitrogen and oxygen atoms in total. The lowest BCUT2D eigenvalue weighted by Crippen LogP contribution is -2.26. The number of nitrogens with one attached hydrogen (secondary N) is 1. The molecule has 9 heteroatoms. The SMILES string of the molecule is Cc1ccc(-c2nnc(NC(=O)c3ccc(N(C)S(=O)(=O)c4ccccc4)cc3)s2)cc1. The maximum atomic E-state index is 12.8. The number of amides is 1. The summed E-state index contributed by atoms with van der Waals surface area (Å²) in [5.41, 5.74) is 2.91. The fourth-order valence-electron chi connectivity index (χ4n) is 2.97. The lowest BCUT2D eigenvalue weighted by atomic mass is 10.2. The van der Waals surface area contributed by atoms with Gasteiger partial charge < -0.3 is 0 Å². The third kappa shape index (κ3) is 4.53. The molecule has 3 aromatic carbocycles. The molecular formula is C23H20N4O3S2. The third-order valence-corrected chi connectivity index (χ3v) is 7.53. The number of benzene rings is 3. The van der Waals surface area contributed by atoms with Gasteiger partial charge in [-0.2, -0.15) is 0 Å². The van der Waals surface area contributed by atoms with Gasteiger partial charge in [-0.1, -0.05) is 59.4 Å². The molecule has 1 aromatic heterocycles. The van der Waals surface area contributed by atoms with Crippen molar-refractivity contribution in [2.24, 2.45) is 0 Å². The first-order chi connectivity index (χ1) is 15.3. The Bertz CT molecular complexity index is 1330. The van der Waals surface area contributed by atoms with Gasteiger partial charge in [0.15, 0.2) is 0 Å². The molecule has 0 atom stereocenters. The Morgan fingerprint density at radius 1 is 0.906 bits per heavy atom. The van der Waals surface area contributed by atoms with E-state index in [0.29, 0.717) is 21.4 Å². The number of carbonyl (C=O) groups is 1. The number of aryl methyl sites for hydroxylation is 1. The molecule has 32 heavy (non-hydrogen) atoms. The zero-order chi connectivity index (χ0) is 22.7. The molecule has 4 rings (SSSR count). The molecular weight excluding hydrogens is 444 g/mol. The Morgan fingerprint density at radius 2 is 1.56 bits per heavy atom. The first-order valence-electron chi connectivity index (χ1n) is 9.70. The van der Waals surface area contributed by atoms with Crippen molar-refractivity contribution in [1.29, 1.82) is 0 Å². The van der Waals surface area contributed by atoms with Crippen LogP contribution in [0, 0.1) is 6.92 Å². The van der Waals surface area contributed by atoms with E-state index in [9.17, 15) is 13.2 Å². The second-order valence-corrected chi connectivity index (χ2v) is 10.0. The maximum absolute atomic E-state index is 12.8. The summed E-state index contributed by atoms with van der Waals surface area (Å²) in [5.74, 6) is -0.350. The number of hydrogen-bond acceptors (Lipinski definition) is 6. The van der Waals surface area contributed by atoms with Crippen molar-refractivity contribution < 1.29 is 13.2 Å². The summed E-state index contributed by atoms with van der Waals surface area (Å²) >= 11 is 1.28. The van der Waals surface area contributed by atoms with Crippen LogP contribution in [0.4, 0.5) is 10.8 Å². The van der Waals surface area contributed by atoms with E-state index in [2.05, 4.69) is 15.5 Å². The molecule has 1 heterocycles. The average Bonchev–Trinajstić information content (AvgIpc) is 3.28. The van der Waals surface area contributed by atoms with Gasteiger partial charge in [0.25, 0.3) is 15.9 Å². The lowest BCUT2D eigenvalue weighted by Gasteiger charge is -2.19. The minimum absolute atomic E-state index is 0.199. The molecule has 0 fully saturated rings. The lowest BCUT2D eigenvalue weighted by molar-refractivity contribution is 0.102. The number of anilines is 2. The minimum atomic E-state index is -3.68. The molecule has 0 aliphatic rings. The van der Waals surface area contributed by atoms with Crippen LogP contribution in [0.15, 0.2) is 83.8 Å². The van der Waals surface area contributed by atoms with Gasteiger partial charge in [-0.25, -0.2) is 8.42 Å². The van der Waals surface area contributed by atoms with E-state index in [1.54, 1.807) is 54.6 Å². The molecule has 0 saturated carbocycles. The van der Waals surface area contributed by atoms with Crippen molar-refractivity contribution in [2.75, 3.05) is 16.7 Å². The van der Waals surface area contributed by atoms with Gasteiger partial charge in [-0.05, 0) is 43.3 Å². The van der Waals surface area contributed by atoms with Crippen LogP contribution in [0.5, 0.6) is 0 Å². The molecule has 1 amide bonds. The summed E-state index contributed by atoms with van der Waals surface area (Å²) in [6.07, 6.45) is 0. The zero-order valence-electron chi connectivity index (χ0n) is 17.4. The summed E-state index contributed by atoms with van der Waals surface area (Å²) in [7, 11) is -2.21. The Kier molecular flexibility index (Phi) is 6.02. The highest BCUT2D eigenvalue weighted by Gasteiger charge is 2.21. The van der Waals surface area contributed by atoms with Crippen LogP contribution in [-0.4, -0.2) is 31.6 Å². The van der Waals surface area contributed by atoms with E-state index in [1.165, 1.54) is 22.7 Å². The summed E-state index contributed by atoms with van der Waals surface area (Å²) in [6.45, 7) is 2.01. The molecule has 4 aromatic rings. The van der Waals surface area contributed by atoms with Gasteiger partial charge >= 0.3 is 0 Å². The van der Waals surface area contributed by atoms with Crippen molar-refractivity contribution in [3.8, 4) is 10.6 Å². The van der Waals surface area contributed by atoms with Gasteiger partial charge in [-0.3, -0.25) is 14.4 Å². The largest absolute Gasteiger partial charge is 0.296 e. The average molecular weight is 465 g/mol. The van der Waals surface area contributed by atoms with Crippen molar-refractivity contribution in [3.63, 3.8) is 0 Å². The molecule has 0 saturated heterocycles. The van der Waals surface area contributed by atoms with E-state index in [-0.39, 0.29) is 10.8 Å². The second kappa shape index (κ2) is 8.89. The number of nitrogens with zero attached hydrogens (tertiary/aromatic N) is 3. The molecule has 1 N–H and O–H groups in total. The molecule has 0 bridgehead atoms. The van der Waals surface area contributed by atoms with Gasteiger partial charge in [0, 0.05) is 18.2 Å². The second-order valence-electron chi connectivity index (χ2n) is 7.06. The van der Waals surface area contributed by atoms with Crippen molar-refractivity contribution in [2.45, 2.75) is 11.8 Å². The van der Waals surface area contributed by atoms with Crippen LogP contribution in [0.2, 0.25) is 0 Å². The van der Waals surface area contributed by atoms with Crippen LogP contribution in [0.25, 0.3) is 10.6 Å². The predicted molar refractivity (Wildman–Crippen MR) is 127 cm³/mol. The van der Waals surface area contributed by atoms with Crippen molar-refractivity contribution >= 4 is 38.1 Å². The highest BCUT2D eigenvalue weighted by Crippen LogP contribution is 2.27. The van der Waals surface area contributed by atoms with Gasteiger partial charge in [0.1, 0.15) is 5.01 Å². The van der Waals surface area contributed by atoms with E-state index in [1.807, 2.05) is 31.2 Å². The Balaban J connectivity index is 1.46. The van der Waals surface area contributed by atoms with E-state index in [0.717, 1.165) is 11.1 Å². The van der Waals surface area contributed by atoms with Crippen LogP contribution in [0.1, 0.15) is 15.9 Å². The normalized spacial score (nSPS) is 11.2. The quantitative estimate of drug-likeness (QED) is 0.451. The first-order valence-corrected chi connectivity index (χ1v) is 12.0. The molecule has 0 aliphatic carbocycles.